The van der Waals surface area contributed by atoms with Crippen LogP contribution in [0.25, 0.3) is 5.69 Å². The molecule has 0 radical (unpaired) electrons. The highest BCUT2D eigenvalue weighted by atomic mass is 15.3. The first-order valence-corrected chi connectivity index (χ1v) is 5.48. The number of hydrogen-bond acceptors (Lipinski definition) is 2. The molecule has 0 atom stereocenters. The molecule has 2 rings (SSSR count). The molecule has 1 aromatic heterocycles. The Morgan fingerprint density at radius 2 is 2.00 bits per heavy atom. The van der Waals surface area contributed by atoms with E-state index in [2.05, 4.69) is 35.7 Å². The van der Waals surface area contributed by atoms with Gasteiger partial charge < -0.3 is 5.32 Å². The van der Waals surface area contributed by atoms with Gasteiger partial charge in [-0.15, -0.1) is 0 Å². The van der Waals surface area contributed by atoms with Crippen LogP contribution >= 0.6 is 0 Å². The molecule has 16 heavy (non-hydrogen) atoms. The third-order valence-electron chi connectivity index (χ3n) is 2.73. The molecule has 3 heteroatoms. The number of para-hydroxylation sites is 1. The number of aromatic nitrogens is 2. The van der Waals surface area contributed by atoms with Crippen molar-refractivity contribution in [2.75, 3.05) is 7.05 Å². The average molecular weight is 215 g/mol. The Labute approximate surface area is 96.1 Å². The second-order valence-corrected chi connectivity index (χ2v) is 4.00. The lowest BCUT2D eigenvalue weighted by molar-refractivity contribution is 0.812. The summed E-state index contributed by atoms with van der Waals surface area (Å²) in [5.41, 5.74) is 4.71. The van der Waals surface area contributed by atoms with Gasteiger partial charge in [-0.25, -0.2) is 4.68 Å². The molecular formula is C13H17N3. The zero-order chi connectivity index (χ0) is 11.5. The van der Waals surface area contributed by atoms with Gasteiger partial charge in [-0.3, -0.25) is 0 Å². The lowest BCUT2D eigenvalue weighted by Gasteiger charge is -2.04. The predicted molar refractivity (Wildman–Crippen MR) is 65.8 cm³/mol. The monoisotopic (exact) mass is 215 g/mol. The van der Waals surface area contributed by atoms with E-state index in [1.165, 1.54) is 11.1 Å². The zero-order valence-electron chi connectivity index (χ0n) is 9.99. The van der Waals surface area contributed by atoms with Gasteiger partial charge in [-0.2, -0.15) is 5.10 Å². The number of aryl methyl sites for hydroxylation is 2. The van der Waals surface area contributed by atoms with Crippen molar-refractivity contribution in [2.45, 2.75) is 20.4 Å². The normalized spacial score (nSPS) is 10.7. The molecule has 0 fully saturated rings. The van der Waals surface area contributed by atoms with Crippen molar-refractivity contribution in [3.8, 4) is 5.69 Å². The van der Waals surface area contributed by atoms with E-state index in [9.17, 15) is 0 Å². The van der Waals surface area contributed by atoms with Gasteiger partial charge in [0, 0.05) is 18.3 Å². The Bertz CT molecular complexity index is 486. The fourth-order valence-electron chi connectivity index (χ4n) is 1.80. The Morgan fingerprint density at radius 1 is 1.25 bits per heavy atom. The molecule has 0 bridgehead atoms. The quantitative estimate of drug-likeness (QED) is 0.850. The van der Waals surface area contributed by atoms with Crippen LogP contribution in [0, 0.1) is 13.8 Å². The third-order valence-corrected chi connectivity index (χ3v) is 2.73. The van der Waals surface area contributed by atoms with Crippen LogP contribution in [-0.2, 0) is 6.54 Å². The topological polar surface area (TPSA) is 29.9 Å². The van der Waals surface area contributed by atoms with Gasteiger partial charge in [0.2, 0.25) is 0 Å². The minimum Gasteiger partial charge on any atom is -0.316 e. The van der Waals surface area contributed by atoms with Gasteiger partial charge in [0.05, 0.1) is 11.4 Å². The highest BCUT2D eigenvalue weighted by Gasteiger charge is 2.06. The third kappa shape index (κ3) is 1.99. The molecule has 3 nitrogen and oxygen atoms in total. The van der Waals surface area contributed by atoms with E-state index in [-0.39, 0.29) is 0 Å². The summed E-state index contributed by atoms with van der Waals surface area (Å²) in [5, 5.41) is 7.69. The number of nitrogens with one attached hydrogen (secondary N) is 1. The summed E-state index contributed by atoms with van der Waals surface area (Å²) >= 11 is 0. The molecule has 84 valence electrons. The highest BCUT2D eigenvalue weighted by molar-refractivity contribution is 5.40. The van der Waals surface area contributed by atoms with Crippen molar-refractivity contribution in [2.24, 2.45) is 0 Å². The lowest BCUT2D eigenvalue weighted by atomic mass is 10.2. The summed E-state index contributed by atoms with van der Waals surface area (Å²) in [6.07, 6.45) is 2.09. The highest BCUT2D eigenvalue weighted by Crippen LogP contribution is 2.15. The summed E-state index contributed by atoms with van der Waals surface area (Å²) in [5.74, 6) is 0. The molecule has 0 aliphatic rings. The van der Waals surface area contributed by atoms with E-state index >= 15 is 0 Å². The first-order valence-electron chi connectivity index (χ1n) is 5.48. The minimum absolute atomic E-state index is 0.859. The van der Waals surface area contributed by atoms with Crippen molar-refractivity contribution in [1.29, 1.82) is 0 Å². The second-order valence-electron chi connectivity index (χ2n) is 4.00. The molecule has 0 aliphatic carbocycles. The van der Waals surface area contributed by atoms with Crippen molar-refractivity contribution >= 4 is 0 Å². The van der Waals surface area contributed by atoms with Crippen LogP contribution in [0.4, 0.5) is 0 Å². The zero-order valence-corrected chi connectivity index (χ0v) is 9.99. The van der Waals surface area contributed by atoms with Gasteiger partial charge in [0.25, 0.3) is 0 Å². The van der Waals surface area contributed by atoms with E-state index in [0.717, 1.165) is 17.9 Å². The molecule has 0 saturated carbocycles. The van der Waals surface area contributed by atoms with Gasteiger partial charge in [-0.1, -0.05) is 18.2 Å². The Balaban J connectivity index is 2.42. The predicted octanol–water partition coefficient (Wildman–Crippen LogP) is 2.21. The molecule has 1 heterocycles. The molecule has 0 unspecified atom stereocenters. The van der Waals surface area contributed by atoms with Gasteiger partial charge in [0.1, 0.15) is 0 Å². The molecule has 2 aromatic rings. The minimum atomic E-state index is 0.859. The Morgan fingerprint density at radius 3 is 2.69 bits per heavy atom. The fourth-order valence-corrected chi connectivity index (χ4v) is 1.80. The molecule has 0 spiro atoms. The van der Waals surface area contributed by atoms with Crippen LogP contribution in [0.3, 0.4) is 0 Å². The maximum Gasteiger partial charge on any atom is 0.0674 e. The largest absolute Gasteiger partial charge is 0.316 e. The standard InChI is InChI=1S/C13H17N3/c1-10-6-4-5-7-13(10)16-9-12(8-14-3)11(2)15-16/h4-7,9,14H,8H2,1-3H3. The second kappa shape index (κ2) is 4.49. The Kier molecular flexibility index (Phi) is 3.06. The van der Waals surface area contributed by atoms with Crippen LogP contribution < -0.4 is 5.32 Å². The summed E-state index contributed by atoms with van der Waals surface area (Å²) < 4.78 is 1.96. The van der Waals surface area contributed by atoms with Crippen LogP contribution in [-0.4, -0.2) is 16.8 Å². The van der Waals surface area contributed by atoms with Gasteiger partial charge >= 0.3 is 0 Å². The van der Waals surface area contributed by atoms with E-state index < -0.39 is 0 Å². The van der Waals surface area contributed by atoms with Crippen molar-refractivity contribution < 1.29 is 0 Å². The van der Waals surface area contributed by atoms with E-state index in [1.807, 2.05) is 30.8 Å². The summed E-state index contributed by atoms with van der Waals surface area (Å²) in [6.45, 7) is 5.00. The first-order chi connectivity index (χ1) is 7.72. The number of benzene rings is 1. The number of rotatable bonds is 3. The van der Waals surface area contributed by atoms with Crippen molar-refractivity contribution in [1.82, 2.24) is 15.1 Å². The number of nitrogens with zero attached hydrogens (tertiary/aromatic N) is 2. The lowest BCUT2D eigenvalue weighted by Crippen LogP contribution is -2.05. The molecule has 1 N–H and O–H groups in total. The molecular weight excluding hydrogens is 198 g/mol. The average Bonchev–Trinajstić information content (AvgIpc) is 2.61. The molecule has 1 aromatic carbocycles. The van der Waals surface area contributed by atoms with Crippen LogP contribution in [0.5, 0.6) is 0 Å². The fraction of sp³-hybridized carbons (Fsp3) is 0.308. The van der Waals surface area contributed by atoms with Crippen LogP contribution in [0.15, 0.2) is 30.5 Å². The summed E-state index contributed by atoms with van der Waals surface area (Å²) in [7, 11) is 1.95. The van der Waals surface area contributed by atoms with Gasteiger partial charge in [-0.05, 0) is 32.5 Å². The van der Waals surface area contributed by atoms with Crippen LogP contribution in [0.2, 0.25) is 0 Å². The van der Waals surface area contributed by atoms with Gasteiger partial charge in [0.15, 0.2) is 0 Å². The van der Waals surface area contributed by atoms with Crippen LogP contribution in [0.1, 0.15) is 16.8 Å². The maximum absolute atomic E-state index is 4.54. The summed E-state index contributed by atoms with van der Waals surface area (Å²) in [4.78, 5) is 0. The smallest absolute Gasteiger partial charge is 0.0674 e. The molecule has 0 saturated heterocycles. The van der Waals surface area contributed by atoms with Crippen molar-refractivity contribution in [3.63, 3.8) is 0 Å². The van der Waals surface area contributed by atoms with E-state index in [4.69, 9.17) is 0 Å². The van der Waals surface area contributed by atoms with E-state index in [1.54, 1.807) is 0 Å². The number of hydrogen-bond donors (Lipinski definition) is 1. The molecule has 0 amide bonds. The SMILES string of the molecule is CNCc1cn(-c2ccccc2C)nc1C. The Hall–Kier alpha value is -1.61. The van der Waals surface area contributed by atoms with Crippen molar-refractivity contribution in [3.05, 3.63) is 47.3 Å². The van der Waals surface area contributed by atoms with E-state index in [0.29, 0.717) is 0 Å². The maximum atomic E-state index is 4.54. The first kappa shape index (κ1) is 10.9. The molecule has 0 aliphatic heterocycles. The summed E-state index contributed by atoms with van der Waals surface area (Å²) in [6, 6.07) is 8.27.